The molecule has 1 fully saturated rings. The lowest BCUT2D eigenvalue weighted by Crippen LogP contribution is -2.33. The SMILES string of the molecule is COc1ccc(OCCN2CCCCC2)c(CCN)c1. The molecule has 0 atom stereocenters. The number of hydrogen-bond acceptors (Lipinski definition) is 4. The van der Waals surface area contributed by atoms with E-state index in [1.807, 2.05) is 18.2 Å². The Bertz CT molecular complexity index is 403. The van der Waals surface area contributed by atoms with Gasteiger partial charge in [0.1, 0.15) is 18.1 Å². The van der Waals surface area contributed by atoms with Crippen LogP contribution in [0.5, 0.6) is 11.5 Å². The first-order valence-corrected chi connectivity index (χ1v) is 7.55. The van der Waals surface area contributed by atoms with E-state index in [-0.39, 0.29) is 0 Å². The van der Waals surface area contributed by atoms with Gasteiger partial charge in [0.15, 0.2) is 0 Å². The molecule has 0 radical (unpaired) electrons. The van der Waals surface area contributed by atoms with Gasteiger partial charge in [-0.3, -0.25) is 4.90 Å². The average molecular weight is 278 g/mol. The summed E-state index contributed by atoms with van der Waals surface area (Å²) < 4.78 is 11.2. The monoisotopic (exact) mass is 278 g/mol. The second-order valence-electron chi connectivity index (χ2n) is 5.26. The first-order valence-electron chi connectivity index (χ1n) is 7.55. The lowest BCUT2D eigenvalue weighted by Gasteiger charge is -2.26. The molecule has 0 spiro atoms. The molecule has 1 aromatic rings. The van der Waals surface area contributed by atoms with Crippen molar-refractivity contribution >= 4 is 0 Å². The number of hydrogen-bond donors (Lipinski definition) is 1. The van der Waals surface area contributed by atoms with Gasteiger partial charge in [0, 0.05) is 6.54 Å². The van der Waals surface area contributed by atoms with E-state index in [1.54, 1.807) is 7.11 Å². The van der Waals surface area contributed by atoms with Gasteiger partial charge in [-0.2, -0.15) is 0 Å². The van der Waals surface area contributed by atoms with Crippen molar-refractivity contribution in [3.8, 4) is 11.5 Å². The molecule has 0 saturated carbocycles. The molecule has 4 heteroatoms. The fourth-order valence-corrected chi connectivity index (χ4v) is 2.64. The van der Waals surface area contributed by atoms with Gasteiger partial charge in [-0.1, -0.05) is 6.42 Å². The number of likely N-dealkylation sites (tertiary alicyclic amines) is 1. The Kier molecular flexibility index (Phi) is 6.15. The molecule has 1 heterocycles. The van der Waals surface area contributed by atoms with Crippen LogP contribution in [0.2, 0.25) is 0 Å². The van der Waals surface area contributed by atoms with Crippen LogP contribution in [-0.2, 0) is 6.42 Å². The van der Waals surface area contributed by atoms with Gasteiger partial charge in [0.25, 0.3) is 0 Å². The number of rotatable bonds is 7. The van der Waals surface area contributed by atoms with E-state index in [4.69, 9.17) is 15.2 Å². The maximum absolute atomic E-state index is 5.94. The summed E-state index contributed by atoms with van der Waals surface area (Å²) in [4.78, 5) is 2.48. The van der Waals surface area contributed by atoms with Gasteiger partial charge < -0.3 is 15.2 Å². The highest BCUT2D eigenvalue weighted by Crippen LogP contribution is 2.24. The normalized spacial score (nSPS) is 16.1. The molecular formula is C16H26N2O2. The number of methoxy groups -OCH3 is 1. The van der Waals surface area contributed by atoms with E-state index < -0.39 is 0 Å². The topological polar surface area (TPSA) is 47.7 Å². The Morgan fingerprint density at radius 3 is 2.70 bits per heavy atom. The summed E-state index contributed by atoms with van der Waals surface area (Å²) in [5.41, 5.74) is 6.79. The second kappa shape index (κ2) is 8.12. The quantitative estimate of drug-likeness (QED) is 0.829. The summed E-state index contributed by atoms with van der Waals surface area (Å²) in [5, 5.41) is 0. The molecule has 0 bridgehead atoms. The van der Waals surface area contributed by atoms with Crippen molar-refractivity contribution in [2.24, 2.45) is 5.73 Å². The maximum Gasteiger partial charge on any atom is 0.122 e. The molecule has 2 N–H and O–H groups in total. The van der Waals surface area contributed by atoms with Crippen molar-refractivity contribution in [3.05, 3.63) is 23.8 Å². The van der Waals surface area contributed by atoms with E-state index in [0.717, 1.165) is 36.6 Å². The summed E-state index contributed by atoms with van der Waals surface area (Å²) >= 11 is 0. The highest BCUT2D eigenvalue weighted by Gasteiger charge is 2.10. The van der Waals surface area contributed by atoms with Crippen molar-refractivity contribution in [1.82, 2.24) is 4.90 Å². The zero-order valence-electron chi connectivity index (χ0n) is 12.4. The molecule has 0 amide bonds. The Hall–Kier alpha value is -1.26. The van der Waals surface area contributed by atoms with Crippen LogP contribution in [0.4, 0.5) is 0 Å². The van der Waals surface area contributed by atoms with Crippen molar-refractivity contribution in [1.29, 1.82) is 0 Å². The average Bonchev–Trinajstić information content (AvgIpc) is 2.50. The van der Waals surface area contributed by atoms with Crippen LogP contribution < -0.4 is 15.2 Å². The Labute approximate surface area is 121 Å². The minimum atomic E-state index is 0.621. The van der Waals surface area contributed by atoms with Gasteiger partial charge >= 0.3 is 0 Å². The molecule has 0 aliphatic carbocycles. The molecule has 1 saturated heterocycles. The van der Waals surface area contributed by atoms with Crippen LogP contribution in [0.15, 0.2) is 18.2 Å². The summed E-state index contributed by atoms with van der Waals surface area (Å²) in [6, 6.07) is 5.94. The van der Waals surface area contributed by atoms with Crippen molar-refractivity contribution in [2.75, 3.05) is 39.9 Å². The lowest BCUT2D eigenvalue weighted by atomic mass is 10.1. The largest absolute Gasteiger partial charge is 0.497 e. The highest BCUT2D eigenvalue weighted by atomic mass is 16.5. The van der Waals surface area contributed by atoms with Crippen LogP contribution in [0.1, 0.15) is 24.8 Å². The van der Waals surface area contributed by atoms with E-state index in [0.29, 0.717) is 6.54 Å². The number of benzene rings is 1. The molecule has 0 unspecified atom stereocenters. The first kappa shape index (κ1) is 15.1. The summed E-state index contributed by atoms with van der Waals surface area (Å²) in [6.07, 6.45) is 4.83. The maximum atomic E-state index is 5.94. The fraction of sp³-hybridized carbons (Fsp3) is 0.625. The van der Waals surface area contributed by atoms with Crippen LogP contribution in [0.3, 0.4) is 0 Å². The van der Waals surface area contributed by atoms with Crippen LogP contribution in [-0.4, -0.2) is 44.8 Å². The molecule has 0 aromatic heterocycles. The summed E-state index contributed by atoms with van der Waals surface area (Å²) in [6.45, 7) is 4.79. The molecule has 1 aliphatic heterocycles. The molecule has 2 rings (SSSR count). The minimum Gasteiger partial charge on any atom is -0.497 e. The number of ether oxygens (including phenoxy) is 2. The van der Waals surface area contributed by atoms with Crippen molar-refractivity contribution in [3.63, 3.8) is 0 Å². The standard InChI is InChI=1S/C16H26N2O2/c1-19-15-5-6-16(14(13-15)7-8-17)20-12-11-18-9-3-2-4-10-18/h5-6,13H,2-4,7-12,17H2,1H3. The third kappa shape index (κ3) is 4.39. The third-order valence-corrected chi connectivity index (χ3v) is 3.80. The zero-order valence-corrected chi connectivity index (χ0v) is 12.4. The molecule has 1 aromatic carbocycles. The number of nitrogens with two attached hydrogens (primary N) is 1. The van der Waals surface area contributed by atoms with Gasteiger partial charge in [-0.05, 0) is 62.7 Å². The van der Waals surface area contributed by atoms with E-state index in [1.165, 1.54) is 32.4 Å². The summed E-state index contributed by atoms with van der Waals surface area (Å²) in [7, 11) is 1.68. The predicted molar refractivity (Wildman–Crippen MR) is 81.5 cm³/mol. The van der Waals surface area contributed by atoms with E-state index >= 15 is 0 Å². The number of nitrogens with zero attached hydrogens (tertiary/aromatic N) is 1. The predicted octanol–water partition coefficient (Wildman–Crippen LogP) is 2.06. The van der Waals surface area contributed by atoms with Crippen LogP contribution in [0.25, 0.3) is 0 Å². The highest BCUT2D eigenvalue weighted by molar-refractivity contribution is 5.40. The Morgan fingerprint density at radius 2 is 2.00 bits per heavy atom. The molecule has 1 aliphatic rings. The van der Waals surface area contributed by atoms with E-state index in [9.17, 15) is 0 Å². The third-order valence-electron chi connectivity index (χ3n) is 3.80. The van der Waals surface area contributed by atoms with Crippen molar-refractivity contribution in [2.45, 2.75) is 25.7 Å². The number of piperidine rings is 1. The van der Waals surface area contributed by atoms with Gasteiger partial charge in [-0.15, -0.1) is 0 Å². The first-order chi connectivity index (χ1) is 9.83. The van der Waals surface area contributed by atoms with Crippen LogP contribution >= 0.6 is 0 Å². The van der Waals surface area contributed by atoms with Crippen molar-refractivity contribution < 1.29 is 9.47 Å². The van der Waals surface area contributed by atoms with Gasteiger partial charge in [0.2, 0.25) is 0 Å². The summed E-state index contributed by atoms with van der Waals surface area (Å²) in [5.74, 6) is 1.80. The fourth-order valence-electron chi connectivity index (χ4n) is 2.64. The Morgan fingerprint density at radius 1 is 1.20 bits per heavy atom. The molecular weight excluding hydrogens is 252 g/mol. The zero-order chi connectivity index (χ0) is 14.2. The molecule has 20 heavy (non-hydrogen) atoms. The van der Waals surface area contributed by atoms with Crippen LogP contribution in [0, 0.1) is 0 Å². The molecule has 112 valence electrons. The molecule has 4 nitrogen and oxygen atoms in total. The minimum absolute atomic E-state index is 0.621. The van der Waals surface area contributed by atoms with E-state index in [2.05, 4.69) is 4.90 Å². The van der Waals surface area contributed by atoms with Gasteiger partial charge in [0.05, 0.1) is 7.11 Å². The smallest absolute Gasteiger partial charge is 0.122 e. The van der Waals surface area contributed by atoms with Gasteiger partial charge in [-0.25, -0.2) is 0 Å². The second-order valence-corrected chi connectivity index (χ2v) is 5.26. The Balaban J connectivity index is 1.87. The lowest BCUT2D eigenvalue weighted by molar-refractivity contribution is 0.182.